The molecule has 0 saturated heterocycles. The van der Waals surface area contributed by atoms with Gasteiger partial charge in [-0.25, -0.2) is 0 Å². The summed E-state index contributed by atoms with van der Waals surface area (Å²) in [6.07, 6.45) is 4.78. The number of carbonyl (C=O) groups is 2. The summed E-state index contributed by atoms with van der Waals surface area (Å²) in [6, 6.07) is 0. The van der Waals surface area contributed by atoms with Crippen LogP contribution in [0.3, 0.4) is 0 Å². The molecule has 0 aliphatic heterocycles. The van der Waals surface area contributed by atoms with E-state index in [4.69, 9.17) is 10.2 Å². The number of hydrogen-bond donors (Lipinski definition) is 2. The summed E-state index contributed by atoms with van der Waals surface area (Å²) in [5.74, 6) is -3.80. The van der Waals surface area contributed by atoms with Crippen LogP contribution in [0.5, 0.6) is 0 Å². The Morgan fingerprint density at radius 3 is 1.94 bits per heavy atom. The number of hydrogen-bond acceptors (Lipinski definition) is 2. The van der Waals surface area contributed by atoms with Gasteiger partial charge < -0.3 is 11.6 Å². The van der Waals surface area contributed by atoms with Gasteiger partial charge >= 0.3 is 63.3 Å². The van der Waals surface area contributed by atoms with E-state index >= 15 is 0 Å². The zero-order valence-electron chi connectivity index (χ0n) is 12.3. The molecule has 0 rings (SSSR count). The summed E-state index contributed by atoms with van der Waals surface area (Å²) in [5.41, 5.74) is -0.689. The molecule has 96 valence electrons. The van der Waals surface area contributed by atoms with E-state index in [0.717, 1.165) is 25.7 Å². The molecule has 0 aromatic rings. The third-order valence-corrected chi connectivity index (χ3v) is 2.95. The van der Waals surface area contributed by atoms with Crippen LogP contribution >= 0.6 is 0 Å². The number of carboxylic acids is 2. The number of rotatable bonds is 8. The zero-order valence-corrected chi connectivity index (χ0v) is 14.4. The van der Waals surface area contributed by atoms with Crippen molar-refractivity contribution in [1.29, 1.82) is 0 Å². The van der Waals surface area contributed by atoms with Crippen LogP contribution in [-0.4, -0.2) is 22.2 Å². The van der Waals surface area contributed by atoms with E-state index in [1.54, 1.807) is 13.8 Å². The van der Waals surface area contributed by atoms with Crippen LogP contribution < -0.4 is 51.4 Å². The smallest absolute Gasteiger partial charge is 1.00 e. The van der Waals surface area contributed by atoms with E-state index in [-0.39, 0.29) is 52.8 Å². The molecule has 17 heavy (non-hydrogen) atoms. The minimum absolute atomic E-state index is 0. The first-order valence-electron chi connectivity index (χ1n) is 5.78. The molecule has 0 aliphatic carbocycles. The summed E-state index contributed by atoms with van der Waals surface area (Å²) < 4.78 is 0. The molecule has 0 fully saturated rings. The Bertz CT molecular complexity index is 242. The summed E-state index contributed by atoms with van der Waals surface area (Å²) in [6.45, 7) is 5.53. The van der Waals surface area contributed by atoms with Gasteiger partial charge in [0.05, 0.1) is 0 Å². The Morgan fingerprint density at radius 2 is 1.59 bits per heavy atom. The Balaban J connectivity index is -0.00000112. The fourth-order valence-electron chi connectivity index (χ4n) is 1.93. The van der Waals surface area contributed by atoms with Crippen molar-refractivity contribution in [2.45, 2.75) is 52.9 Å². The van der Waals surface area contributed by atoms with Gasteiger partial charge in [-0.15, -0.1) is 0 Å². The predicted molar refractivity (Wildman–Crippen MR) is 62.4 cm³/mol. The molecule has 2 N–H and O–H groups in total. The van der Waals surface area contributed by atoms with Crippen molar-refractivity contribution in [2.75, 3.05) is 0 Å². The second kappa shape index (κ2) is 9.50. The van der Waals surface area contributed by atoms with Crippen molar-refractivity contribution in [1.82, 2.24) is 0 Å². The van der Waals surface area contributed by atoms with Gasteiger partial charge in [-0.1, -0.05) is 46.5 Å². The molecule has 0 aromatic heterocycles. The van der Waals surface area contributed by atoms with Gasteiger partial charge in [0.15, 0.2) is 5.92 Å². The Morgan fingerprint density at radius 1 is 1.12 bits per heavy atom. The zero-order chi connectivity index (χ0) is 12.8. The summed E-state index contributed by atoms with van der Waals surface area (Å²) in [5, 5.41) is 17.8. The van der Waals surface area contributed by atoms with Gasteiger partial charge in [-0.3, -0.25) is 9.59 Å². The molecule has 0 atom stereocenters. The van der Waals surface area contributed by atoms with E-state index < -0.39 is 23.3 Å². The van der Waals surface area contributed by atoms with E-state index in [2.05, 4.69) is 6.92 Å². The van der Waals surface area contributed by atoms with Crippen LogP contribution in [0.1, 0.15) is 54.3 Å². The molecule has 0 aliphatic rings. The molecule has 0 unspecified atom stereocenters. The summed E-state index contributed by atoms with van der Waals surface area (Å²) in [7, 11) is 0. The van der Waals surface area contributed by atoms with Gasteiger partial charge in [0.25, 0.3) is 0 Å². The van der Waals surface area contributed by atoms with Crippen molar-refractivity contribution in [2.24, 2.45) is 11.3 Å². The Labute approximate surface area is 147 Å². The fraction of sp³-hybridized carbons (Fsp3) is 0.833. The number of unbranched alkanes of at least 4 members (excludes halogenated alkanes) is 3. The van der Waals surface area contributed by atoms with Crippen molar-refractivity contribution >= 4 is 11.9 Å². The normalized spacial score (nSPS) is 11.1. The second-order valence-corrected chi connectivity index (χ2v) is 4.91. The SMILES string of the molecule is CCCCCCC(C)(C)C(C(=O)O)C(=O)O.[H-].[K+]. The van der Waals surface area contributed by atoms with Crippen LogP contribution in [0.15, 0.2) is 0 Å². The van der Waals surface area contributed by atoms with E-state index in [1.165, 1.54) is 0 Å². The third-order valence-electron chi connectivity index (χ3n) is 2.95. The minimum Gasteiger partial charge on any atom is -1.00 e. The maximum atomic E-state index is 10.9. The quantitative estimate of drug-likeness (QED) is 0.366. The third kappa shape index (κ3) is 7.57. The average molecular weight is 270 g/mol. The number of carboxylic acid groups (broad SMARTS) is 2. The molecule has 0 heterocycles. The summed E-state index contributed by atoms with van der Waals surface area (Å²) >= 11 is 0. The average Bonchev–Trinajstić information content (AvgIpc) is 2.10. The van der Waals surface area contributed by atoms with E-state index in [0.29, 0.717) is 6.42 Å². The molecule has 4 nitrogen and oxygen atoms in total. The van der Waals surface area contributed by atoms with Crippen molar-refractivity contribution in [3.63, 3.8) is 0 Å². The molecule has 0 bridgehead atoms. The molecular weight excluding hydrogens is 247 g/mol. The largest absolute Gasteiger partial charge is 1.00 e. The standard InChI is InChI=1S/C12H22O4.K.H/c1-4-5-6-7-8-12(2,3)9(10(13)14)11(15)16;;/h9H,4-8H2,1-3H3,(H,13,14)(H,15,16);;/q;+1;-1. The monoisotopic (exact) mass is 270 g/mol. The van der Waals surface area contributed by atoms with Gasteiger partial charge in [0.2, 0.25) is 0 Å². The Hall–Kier alpha value is 0.576. The Kier molecular flexibility index (Phi) is 11.1. The van der Waals surface area contributed by atoms with E-state index in [9.17, 15) is 9.59 Å². The van der Waals surface area contributed by atoms with Crippen LogP contribution in [-0.2, 0) is 9.59 Å². The topological polar surface area (TPSA) is 74.6 Å². The van der Waals surface area contributed by atoms with Crippen LogP contribution in [0.4, 0.5) is 0 Å². The molecule has 0 saturated carbocycles. The van der Waals surface area contributed by atoms with Gasteiger partial charge in [0, 0.05) is 0 Å². The second-order valence-electron chi connectivity index (χ2n) is 4.91. The van der Waals surface area contributed by atoms with Gasteiger partial charge in [-0.05, 0) is 11.8 Å². The van der Waals surface area contributed by atoms with Crippen molar-refractivity contribution < 1.29 is 72.6 Å². The molecule has 0 radical (unpaired) electrons. The predicted octanol–water partition coefficient (Wildman–Crippen LogP) is -0.115. The molecule has 0 amide bonds. The van der Waals surface area contributed by atoms with Crippen LogP contribution in [0, 0.1) is 11.3 Å². The first kappa shape index (κ1) is 19.9. The molecule has 5 heteroatoms. The first-order valence-corrected chi connectivity index (χ1v) is 5.78. The molecule has 0 spiro atoms. The van der Waals surface area contributed by atoms with Gasteiger partial charge in [-0.2, -0.15) is 0 Å². The van der Waals surface area contributed by atoms with Crippen molar-refractivity contribution in [3.8, 4) is 0 Å². The molecule has 0 aromatic carbocycles. The first-order chi connectivity index (χ1) is 7.33. The van der Waals surface area contributed by atoms with Crippen molar-refractivity contribution in [3.05, 3.63) is 0 Å². The van der Waals surface area contributed by atoms with Gasteiger partial charge in [0.1, 0.15) is 0 Å². The van der Waals surface area contributed by atoms with Crippen LogP contribution in [0.25, 0.3) is 0 Å². The number of aliphatic carboxylic acids is 2. The van der Waals surface area contributed by atoms with E-state index in [1.807, 2.05) is 0 Å². The fourth-order valence-corrected chi connectivity index (χ4v) is 1.93. The minimum atomic E-state index is -1.31. The summed E-state index contributed by atoms with van der Waals surface area (Å²) in [4.78, 5) is 21.8. The maximum absolute atomic E-state index is 10.9. The van der Waals surface area contributed by atoms with Crippen LogP contribution in [0.2, 0.25) is 0 Å². The maximum Gasteiger partial charge on any atom is 1.00 e. The molecular formula is C12H23KO4.